The maximum atomic E-state index is 13.0. The first-order valence-corrected chi connectivity index (χ1v) is 5.09. The number of nitrogens with one attached hydrogen (secondary N) is 2. The molecule has 0 saturated carbocycles. The fourth-order valence-corrected chi connectivity index (χ4v) is 1.85. The van der Waals surface area contributed by atoms with Crippen molar-refractivity contribution in [3.63, 3.8) is 0 Å². The fraction of sp³-hybridized carbons (Fsp3) is 0.455. The lowest BCUT2D eigenvalue weighted by Crippen LogP contribution is -2.42. The maximum Gasteiger partial charge on any atom is 0.126 e. The molecule has 0 aliphatic carbocycles. The molecule has 0 aromatic heterocycles. The Balaban J connectivity index is 0.00000128. The van der Waals surface area contributed by atoms with Crippen LogP contribution in [0.15, 0.2) is 18.2 Å². The largest absolute Gasteiger partial charge is 0.496 e. The standard InChI is InChI=1S/C11H15FN2O.ClH/c1-15-11-6-8(12)2-3-9(11)10-7-13-4-5-14-10;/h2-3,6,10,13-14H,4-5,7H2,1H3;1H/t10-;/m0./s1. The third-order valence-corrected chi connectivity index (χ3v) is 2.61. The number of hydrogen-bond acceptors (Lipinski definition) is 3. The van der Waals surface area contributed by atoms with Gasteiger partial charge in [-0.3, -0.25) is 0 Å². The molecule has 2 rings (SSSR count). The minimum Gasteiger partial charge on any atom is -0.496 e. The molecule has 0 radical (unpaired) electrons. The fourth-order valence-electron chi connectivity index (χ4n) is 1.85. The zero-order valence-corrected chi connectivity index (χ0v) is 9.94. The van der Waals surface area contributed by atoms with Crippen LogP contribution in [0.5, 0.6) is 5.75 Å². The van der Waals surface area contributed by atoms with Crippen LogP contribution in [0.1, 0.15) is 11.6 Å². The zero-order valence-electron chi connectivity index (χ0n) is 9.13. The van der Waals surface area contributed by atoms with Gasteiger partial charge in [0, 0.05) is 37.3 Å². The number of ether oxygens (including phenoxy) is 1. The normalized spacial score (nSPS) is 20.0. The molecule has 1 aromatic rings. The second kappa shape index (κ2) is 6.03. The zero-order chi connectivity index (χ0) is 10.7. The van der Waals surface area contributed by atoms with Crippen molar-refractivity contribution in [2.45, 2.75) is 6.04 Å². The summed E-state index contributed by atoms with van der Waals surface area (Å²) in [5.74, 6) is 0.343. The summed E-state index contributed by atoms with van der Waals surface area (Å²) < 4.78 is 18.2. The molecule has 1 aliphatic heterocycles. The van der Waals surface area contributed by atoms with Crippen LogP contribution in [0.2, 0.25) is 0 Å². The molecule has 16 heavy (non-hydrogen) atoms. The van der Waals surface area contributed by atoms with Crippen molar-refractivity contribution in [2.75, 3.05) is 26.7 Å². The smallest absolute Gasteiger partial charge is 0.126 e. The minimum absolute atomic E-state index is 0. The number of hydrogen-bond donors (Lipinski definition) is 2. The third-order valence-electron chi connectivity index (χ3n) is 2.61. The third kappa shape index (κ3) is 2.84. The highest BCUT2D eigenvalue weighted by Crippen LogP contribution is 2.26. The van der Waals surface area contributed by atoms with Gasteiger partial charge in [0.1, 0.15) is 11.6 Å². The second-order valence-electron chi connectivity index (χ2n) is 3.60. The Morgan fingerprint density at radius 3 is 2.81 bits per heavy atom. The number of halogens is 2. The molecule has 1 aromatic carbocycles. The summed E-state index contributed by atoms with van der Waals surface area (Å²) in [6, 6.07) is 4.87. The predicted molar refractivity (Wildman–Crippen MR) is 63.8 cm³/mol. The lowest BCUT2D eigenvalue weighted by atomic mass is 10.0. The first-order chi connectivity index (χ1) is 7.31. The van der Waals surface area contributed by atoms with Gasteiger partial charge in [0.2, 0.25) is 0 Å². The summed E-state index contributed by atoms with van der Waals surface area (Å²) >= 11 is 0. The van der Waals surface area contributed by atoms with Crippen molar-refractivity contribution in [3.05, 3.63) is 29.6 Å². The molecule has 3 nitrogen and oxygen atoms in total. The molecule has 1 saturated heterocycles. The molecule has 1 heterocycles. The molecule has 0 unspecified atom stereocenters. The van der Waals surface area contributed by atoms with Crippen molar-refractivity contribution in [3.8, 4) is 5.75 Å². The Bertz CT molecular complexity index is 343. The van der Waals surface area contributed by atoms with Crippen LogP contribution >= 0.6 is 12.4 Å². The Labute approximate surface area is 101 Å². The first kappa shape index (κ1) is 13.2. The van der Waals surface area contributed by atoms with E-state index in [4.69, 9.17) is 4.74 Å². The molecular formula is C11H16ClFN2O. The van der Waals surface area contributed by atoms with Crippen molar-refractivity contribution in [1.29, 1.82) is 0 Å². The quantitative estimate of drug-likeness (QED) is 0.830. The highest BCUT2D eigenvalue weighted by atomic mass is 35.5. The van der Waals surface area contributed by atoms with Gasteiger partial charge in [0.25, 0.3) is 0 Å². The monoisotopic (exact) mass is 246 g/mol. The molecule has 0 bridgehead atoms. The van der Waals surface area contributed by atoms with E-state index in [-0.39, 0.29) is 24.3 Å². The summed E-state index contributed by atoms with van der Waals surface area (Å²) in [5.41, 5.74) is 1.01. The summed E-state index contributed by atoms with van der Waals surface area (Å²) in [6.07, 6.45) is 0. The van der Waals surface area contributed by atoms with Crippen LogP contribution < -0.4 is 15.4 Å². The van der Waals surface area contributed by atoms with Crippen molar-refractivity contribution < 1.29 is 9.13 Å². The molecule has 0 amide bonds. The van der Waals surface area contributed by atoms with Crippen LogP contribution in [-0.4, -0.2) is 26.7 Å². The lowest BCUT2D eigenvalue weighted by Gasteiger charge is -2.26. The number of benzene rings is 1. The van der Waals surface area contributed by atoms with Gasteiger partial charge < -0.3 is 15.4 Å². The van der Waals surface area contributed by atoms with Gasteiger partial charge in [-0.15, -0.1) is 12.4 Å². The Kier molecular flexibility index (Phi) is 4.99. The average molecular weight is 247 g/mol. The van der Waals surface area contributed by atoms with Crippen LogP contribution in [0.3, 0.4) is 0 Å². The molecule has 90 valence electrons. The van der Waals surface area contributed by atoms with Crippen LogP contribution in [0.25, 0.3) is 0 Å². The predicted octanol–water partition coefficient (Wildman–Crippen LogP) is 1.49. The van der Waals surface area contributed by atoms with Crippen molar-refractivity contribution in [2.24, 2.45) is 0 Å². The van der Waals surface area contributed by atoms with Gasteiger partial charge in [-0.05, 0) is 6.07 Å². The Hall–Kier alpha value is -0.840. The van der Waals surface area contributed by atoms with Gasteiger partial charge in [-0.1, -0.05) is 6.07 Å². The van der Waals surface area contributed by atoms with E-state index in [0.29, 0.717) is 5.75 Å². The molecule has 5 heteroatoms. The molecule has 0 spiro atoms. The number of rotatable bonds is 2. The van der Waals surface area contributed by atoms with Gasteiger partial charge in [0.05, 0.1) is 7.11 Å². The number of piperazine rings is 1. The topological polar surface area (TPSA) is 33.3 Å². The molecule has 1 fully saturated rings. The van der Waals surface area contributed by atoms with E-state index in [1.54, 1.807) is 13.2 Å². The summed E-state index contributed by atoms with van der Waals surface area (Å²) in [7, 11) is 1.56. The average Bonchev–Trinajstić information content (AvgIpc) is 2.30. The van der Waals surface area contributed by atoms with E-state index in [2.05, 4.69) is 10.6 Å². The van der Waals surface area contributed by atoms with E-state index in [1.807, 2.05) is 0 Å². The highest BCUT2D eigenvalue weighted by Gasteiger charge is 2.18. The van der Waals surface area contributed by atoms with E-state index in [1.165, 1.54) is 12.1 Å². The van der Waals surface area contributed by atoms with Crippen molar-refractivity contribution in [1.82, 2.24) is 10.6 Å². The first-order valence-electron chi connectivity index (χ1n) is 5.09. The van der Waals surface area contributed by atoms with Gasteiger partial charge in [0.15, 0.2) is 0 Å². The summed E-state index contributed by atoms with van der Waals surface area (Å²) in [6.45, 7) is 2.74. The molecule has 1 aliphatic rings. The summed E-state index contributed by atoms with van der Waals surface area (Å²) in [5, 5.41) is 6.65. The second-order valence-corrected chi connectivity index (χ2v) is 3.60. The van der Waals surface area contributed by atoms with E-state index in [9.17, 15) is 4.39 Å². The van der Waals surface area contributed by atoms with Gasteiger partial charge >= 0.3 is 0 Å². The molecule has 1 atom stereocenters. The molecular weight excluding hydrogens is 231 g/mol. The summed E-state index contributed by atoms with van der Waals surface area (Å²) in [4.78, 5) is 0. The van der Waals surface area contributed by atoms with Gasteiger partial charge in [-0.2, -0.15) is 0 Å². The van der Waals surface area contributed by atoms with E-state index < -0.39 is 0 Å². The Morgan fingerprint density at radius 2 is 2.19 bits per heavy atom. The van der Waals surface area contributed by atoms with E-state index in [0.717, 1.165) is 25.2 Å². The lowest BCUT2D eigenvalue weighted by molar-refractivity contribution is 0.379. The van der Waals surface area contributed by atoms with Crippen LogP contribution in [-0.2, 0) is 0 Å². The Morgan fingerprint density at radius 1 is 1.38 bits per heavy atom. The SMILES string of the molecule is COc1cc(F)ccc1[C@@H]1CNCCN1.Cl. The highest BCUT2D eigenvalue weighted by molar-refractivity contribution is 5.85. The van der Waals surface area contributed by atoms with E-state index >= 15 is 0 Å². The van der Waals surface area contributed by atoms with Gasteiger partial charge in [-0.25, -0.2) is 4.39 Å². The van der Waals surface area contributed by atoms with Crippen LogP contribution in [0.4, 0.5) is 4.39 Å². The van der Waals surface area contributed by atoms with Crippen LogP contribution in [0, 0.1) is 5.82 Å². The van der Waals surface area contributed by atoms with Crippen molar-refractivity contribution >= 4 is 12.4 Å². The number of methoxy groups -OCH3 is 1. The maximum absolute atomic E-state index is 13.0. The minimum atomic E-state index is -0.264. The molecule has 2 N–H and O–H groups in total.